The van der Waals surface area contributed by atoms with Crippen molar-refractivity contribution in [3.05, 3.63) is 30.6 Å². The molecule has 0 atom stereocenters. The fourth-order valence-electron chi connectivity index (χ4n) is 3.20. The van der Waals surface area contributed by atoms with Gasteiger partial charge in [-0.05, 0) is 18.6 Å². The Bertz CT molecular complexity index is 975. The first-order valence-electron chi connectivity index (χ1n) is 9.12. The van der Waals surface area contributed by atoms with Gasteiger partial charge in [-0.3, -0.25) is 4.68 Å². The molecule has 2 heterocycles. The first-order chi connectivity index (χ1) is 13.9. The van der Waals surface area contributed by atoms with E-state index in [2.05, 4.69) is 10.4 Å². The molecule has 158 valence electrons. The zero-order valence-electron chi connectivity index (χ0n) is 16.7. The van der Waals surface area contributed by atoms with Crippen LogP contribution in [-0.2, 0) is 17.1 Å². The van der Waals surface area contributed by atoms with Crippen molar-refractivity contribution in [2.24, 2.45) is 7.05 Å². The second kappa shape index (κ2) is 8.70. The number of hydrogen-bond acceptors (Lipinski definition) is 6. The maximum Gasteiger partial charge on any atom is 0.321 e. The smallest absolute Gasteiger partial charge is 0.321 e. The third-order valence-corrected chi connectivity index (χ3v) is 6.56. The van der Waals surface area contributed by atoms with Gasteiger partial charge in [0.25, 0.3) is 0 Å². The summed E-state index contributed by atoms with van der Waals surface area (Å²) in [6.45, 7) is 1.26. The van der Waals surface area contributed by atoms with Crippen molar-refractivity contribution in [2.45, 2.75) is 11.3 Å². The van der Waals surface area contributed by atoms with Crippen LogP contribution >= 0.6 is 0 Å². The topological polar surface area (TPSA) is 106 Å². The Labute approximate surface area is 170 Å². The highest BCUT2D eigenvalue weighted by molar-refractivity contribution is 7.89. The van der Waals surface area contributed by atoms with Gasteiger partial charge < -0.3 is 19.7 Å². The molecule has 3 rings (SSSR count). The molecule has 1 N–H and O–H groups in total. The number of para-hydroxylation sites is 1. The van der Waals surface area contributed by atoms with Crippen molar-refractivity contribution < 1.29 is 22.7 Å². The number of amides is 2. The molecule has 0 aliphatic carbocycles. The van der Waals surface area contributed by atoms with Crippen LogP contribution < -0.4 is 14.8 Å². The van der Waals surface area contributed by atoms with Gasteiger partial charge in [-0.2, -0.15) is 9.40 Å². The number of anilines is 1. The van der Waals surface area contributed by atoms with Crippen LogP contribution in [-0.4, -0.2) is 73.8 Å². The number of carbonyl (C=O) groups excluding carboxylic acids is 1. The largest absolute Gasteiger partial charge is 0.493 e. The Hall–Kier alpha value is -2.79. The molecule has 1 aliphatic rings. The average Bonchev–Trinajstić information content (AvgIpc) is 3.00. The minimum absolute atomic E-state index is 0.152. The third-order valence-electron chi connectivity index (χ3n) is 4.71. The van der Waals surface area contributed by atoms with Crippen LogP contribution in [0.1, 0.15) is 6.42 Å². The van der Waals surface area contributed by atoms with Crippen molar-refractivity contribution in [3.63, 3.8) is 0 Å². The normalized spacial score (nSPS) is 15.6. The van der Waals surface area contributed by atoms with E-state index in [0.717, 1.165) is 0 Å². The van der Waals surface area contributed by atoms with E-state index in [4.69, 9.17) is 9.47 Å². The third kappa shape index (κ3) is 4.46. The van der Waals surface area contributed by atoms with Gasteiger partial charge >= 0.3 is 6.03 Å². The fraction of sp³-hybridized carbons (Fsp3) is 0.444. The van der Waals surface area contributed by atoms with Gasteiger partial charge in [0.05, 0.1) is 26.1 Å². The van der Waals surface area contributed by atoms with Crippen LogP contribution in [0.5, 0.6) is 11.5 Å². The van der Waals surface area contributed by atoms with E-state index in [1.807, 2.05) is 0 Å². The lowest BCUT2D eigenvalue weighted by Gasteiger charge is -2.22. The molecule has 0 bridgehead atoms. The van der Waals surface area contributed by atoms with Crippen LogP contribution in [0.4, 0.5) is 10.5 Å². The van der Waals surface area contributed by atoms with Crippen LogP contribution in [0, 0.1) is 0 Å². The number of urea groups is 1. The fourth-order valence-corrected chi connectivity index (χ4v) is 4.65. The standard InChI is InChI=1S/C18H25N5O5S/c1-21-13-14(12-19-21)29(25,26)23-9-5-8-22(10-11-23)18(24)20-15-6-4-7-16(27-2)17(15)28-3/h4,6-7,12-13H,5,8-11H2,1-3H3,(H,20,24). The molecule has 2 aromatic rings. The molecule has 1 aromatic heterocycles. The van der Waals surface area contributed by atoms with Crippen molar-refractivity contribution in [1.82, 2.24) is 19.0 Å². The van der Waals surface area contributed by atoms with Gasteiger partial charge in [0.2, 0.25) is 10.0 Å². The molecule has 0 spiro atoms. The number of aromatic nitrogens is 2. The highest BCUT2D eigenvalue weighted by atomic mass is 32.2. The van der Waals surface area contributed by atoms with E-state index >= 15 is 0 Å². The molecule has 0 radical (unpaired) electrons. The quantitative estimate of drug-likeness (QED) is 0.779. The van der Waals surface area contributed by atoms with Crippen molar-refractivity contribution in [2.75, 3.05) is 45.7 Å². The van der Waals surface area contributed by atoms with E-state index in [9.17, 15) is 13.2 Å². The summed E-state index contributed by atoms with van der Waals surface area (Å²) < 4.78 is 39.0. The number of benzene rings is 1. The number of hydrogen-bond donors (Lipinski definition) is 1. The number of nitrogens with one attached hydrogen (secondary N) is 1. The minimum atomic E-state index is -3.64. The molecule has 10 nitrogen and oxygen atoms in total. The van der Waals surface area contributed by atoms with Crippen LogP contribution in [0.2, 0.25) is 0 Å². The Morgan fingerprint density at radius 1 is 1.14 bits per heavy atom. The van der Waals surface area contributed by atoms with Crippen molar-refractivity contribution >= 4 is 21.7 Å². The molecular weight excluding hydrogens is 398 g/mol. The van der Waals surface area contributed by atoms with Gasteiger partial charge in [-0.1, -0.05) is 6.07 Å². The van der Waals surface area contributed by atoms with E-state index in [-0.39, 0.29) is 24.0 Å². The molecular formula is C18H25N5O5S. The second-order valence-corrected chi connectivity index (χ2v) is 8.50. The summed E-state index contributed by atoms with van der Waals surface area (Å²) in [5.41, 5.74) is 0.487. The molecule has 1 aromatic carbocycles. The van der Waals surface area contributed by atoms with Gasteiger partial charge in [0.1, 0.15) is 4.90 Å². The first kappa shape index (κ1) is 20.9. The molecule has 0 unspecified atom stereocenters. The lowest BCUT2D eigenvalue weighted by Crippen LogP contribution is -2.39. The van der Waals surface area contributed by atoms with Crippen LogP contribution in [0.25, 0.3) is 0 Å². The first-order valence-corrected chi connectivity index (χ1v) is 10.6. The number of nitrogens with zero attached hydrogens (tertiary/aromatic N) is 4. The molecule has 0 saturated carbocycles. The van der Waals surface area contributed by atoms with Gasteiger partial charge in [-0.15, -0.1) is 0 Å². The van der Waals surface area contributed by atoms with E-state index in [0.29, 0.717) is 36.7 Å². The average molecular weight is 423 g/mol. The highest BCUT2D eigenvalue weighted by Crippen LogP contribution is 2.34. The molecule has 1 aliphatic heterocycles. The Balaban J connectivity index is 1.69. The van der Waals surface area contributed by atoms with Crippen LogP contribution in [0.15, 0.2) is 35.5 Å². The summed E-state index contributed by atoms with van der Waals surface area (Å²) in [7, 11) is 1.05. The number of sulfonamides is 1. The Kier molecular flexibility index (Phi) is 6.28. The highest BCUT2D eigenvalue weighted by Gasteiger charge is 2.29. The Morgan fingerprint density at radius 3 is 2.59 bits per heavy atom. The monoisotopic (exact) mass is 423 g/mol. The lowest BCUT2D eigenvalue weighted by atomic mass is 10.2. The number of aryl methyl sites for hydroxylation is 1. The summed E-state index contributed by atoms with van der Waals surface area (Å²) in [5.74, 6) is 0.939. The summed E-state index contributed by atoms with van der Waals surface area (Å²) in [6, 6.07) is 4.89. The molecule has 29 heavy (non-hydrogen) atoms. The van der Waals surface area contributed by atoms with E-state index in [1.54, 1.807) is 30.1 Å². The van der Waals surface area contributed by atoms with Gasteiger partial charge in [0.15, 0.2) is 11.5 Å². The molecule has 11 heteroatoms. The summed E-state index contributed by atoms with van der Waals surface area (Å²) >= 11 is 0. The number of carbonyl (C=O) groups is 1. The maximum atomic E-state index is 12.8. The summed E-state index contributed by atoms with van der Waals surface area (Å²) in [6.07, 6.45) is 3.34. The van der Waals surface area contributed by atoms with Crippen LogP contribution in [0.3, 0.4) is 0 Å². The zero-order valence-corrected chi connectivity index (χ0v) is 17.5. The number of methoxy groups -OCH3 is 2. The van der Waals surface area contributed by atoms with E-state index in [1.165, 1.54) is 35.6 Å². The molecule has 1 saturated heterocycles. The molecule has 1 fully saturated rings. The van der Waals surface area contributed by atoms with Gasteiger partial charge in [-0.25, -0.2) is 13.2 Å². The SMILES string of the molecule is COc1cccc(NC(=O)N2CCCN(S(=O)(=O)c3cnn(C)c3)CC2)c1OC. The van der Waals surface area contributed by atoms with Crippen molar-refractivity contribution in [3.8, 4) is 11.5 Å². The number of ether oxygens (including phenoxy) is 2. The Morgan fingerprint density at radius 2 is 1.93 bits per heavy atom. The maximum absolute atomic E-state index is 12.8. The predicted octanol–water partition coefficient (Wildman–Crippen LogP) is 1.37. The predicted molar refractivity (Wildman–Crippen MR) is 107 cm³/mol. The lowest BCUT2D eigenvalue weighted by molar-refractivity contribution is 0.214. The minimum Gasteiger partial charge on any atom is -0.493 e. The number of rotatable bonds is 5. The second-order valence-electron chi connectivity index (χ2n) is 6.57. The van der Waals surface area contributed by atoms with Crippen molar-refractivity contribution in [1.29, 1.82) is 0 Å². The van der Waals surface area contributed by atoms with E-state index < -0.39 is 10.0 Å². The summed E-state index contributed by atoms with van der Waals surface area (Å²) in [5, 5.41) is 6.76. The molecule has 2 amide bonds. The van der Waals surface area contributed by atoms with Gasteiger partial charge in [0, 0.05) is 39.4 Å². The zero-order chi connectivity index (χ0) is 21.0. The summed E-state index contributed by atoms with van der Waals surface area (Å²) in [4.78, 5) is 14.5.